The monoisotopic (exact) mass is 257 g/mol. The van der Waals surface area contributed by atoms with Crippen LogP contribution in [0.3, 0.4) is 0 Å². The maximum atomic E-state index is 11.0. The van der Waals surface area contributed by atoms with Crippen LogP contribution >= 0.6 is 0 Å². The lowest BCUT2D eigenvalue weighted by atomic mass is 10.2. The minimum absolute atomic E-state index is 0.0171. The van der Waals surface area contributed by atoms with Crippen LogP contribution in [0.15, 0.2) is 6.20 Å². The van der Waals surface area contributed by atoms with Gasteiger partial charge in [-0.3, -0.25) is 4.68 Å². The van der Waals surface area contributed by atoms with Crippen molar-refractivity contribution in [3.8, 4) is 0 Å². The van der Waals surface area contributed by atoms with Gasteiger partial charge in [0.2, 0.25) is 0 Å². The number of carbonyl (C=O) groups is 1. The fourth-order valence-corrected chi connectivity index (χ4v) is 1.69. The number of hydrogen-bond donors (Lipinski definition) is 3. The van der Waals surface area contributed by atoms with E-state index >= 15 is 0 Å². The van der Waals surface area contributed by atoms with E-state index in [4.69, 9.17) is 14.9 Å². The Labute approximate surface area is 105 Å². The van der Waals surface area contributed by atoms with Crippen molar-refractivity contribution in [3.63, 3.8) is 0 Å². The van der Waals surface area contributed by atoms with E-state index < -0.39 is 5.97 Å². The van der Waals surface area contributed by atoms with Gasteiger partial charge in [0.25, 0.3) is 0 Å². The van der Waals surface area contributed by atoms with E-state index in [2.05, 4.69) is 10.4 Å². The highest BCUT2D eigenvalue weighted by Gasteiger charge is 2.16. The summed E-state index contributed by atoms with van der Waals surface area (Å²) in [6.45, 7) is 0.880. The van der Waals surface area contributed by atoms with Crippen molar-refractivity contribution in [3.05, 3.63) is 17.5 Å². The van der Waals surface area contributed by atoms with Gasteiger partial charge in [-0.25, -0.2) is 4.79 Å². The van der Waals surface area contributed by atoms with Crippen molar-refractivity contribution in [2.45, 2.75) is 19.0 Å². The highest BCUT2D eigenvalue weighted by Crippen LogP contribution is 2.08. The van der Waals surface area contributed by atoms with Crippen molar-refractivity contribution in [2.24, 2.45) is 7.05 Å². The van der Waals surface area contributed by atoms with Gasteiger partial charge in [0, 0.05) is 33.4 Å². The van der Waals surface area contributed by atoms with Gasteiger partial charge in [0.15, 0.2) is 0 Å². The molecule has 0 fully saturated rings. The van der Waals surface area contributed by atoms with Gasteiger partial charge < -0.3 is 20.3 Å². The molecule has 0 aliphatic rings. The van der Waals surface area contributed by atoms with Crippen molar-refractivity contribution >= 4 is 5.97 Å². The van der Waals surface area contributed by atoms with Crippen LogP contribution in [-0.4, -0.2) is 52.3 Å². The fourth-order valence-electron chi connectivity index (χ4n) is 1.69. The Morgan fingerprint density at radius 2 is 2.39 bits per heavy atom. The quantitative estimate of drug-likeness (QED) is 0.586. The Morgan fingerprint density at radius 3 is 2.94 bits per heavy atom. The molecule has 0 radical (unpaired) electrons. The Bertz CT molecular complexity index is 386. The molecule has 0 saturated heterocycles. The van der Waals surface area contributed by atoms with Crippen molar-refractivity contribution in [1.29, 1.82) is 0 Å². The number of aromatic carboxylic acids is 1. The highest BCUT2D eigenvalue weighted by atomic mass is 16.5. The SMILES string of the molecule is COCC(CCO)NCc1c(C(=O)O)cnn1C. The van der Waals surface area contributed by atoms with Crippen molar-refractivity contribution in [2.75, 3.05) is 20.3 Å². The third kappa shape index (κ3) is 3.80. The zero-order valence-electron chi connectivity index (χ0n) is 10.6. The smallest absolute Gasteiger partial charge is 0.339 e. The number of nitrogens with one attached hydrogen (secondary N) is 1. The van der Waals surface area contributed by atoms with E-state index in [0.717, 1.165) is 0 Å². The van der Waals surface area contributed by atoms with Gasteiger partial charge >= 0.3 is 5.97 Å². The largest absolute Gasteiger partial charge is 0.478 e. The average molecular weight is 257 g/mol. The molecule has 1 rings (SSSR count). The summed E-state index contributed by atoms with van der Waals surface area (Å²) in [4.78, 5) is 11.0. The molecule has 1 aromatic rings. The lowest BCUT2D eigenvalue weighted by molar-refractivity contribution is 0.0695. The molecule has 0 aromatic carbocycles. The predicted octanol–water partition coefficient (Wildman–Crippen LogP) is -0.395. The number of ether oxygens (including phenoxy) is 1. The second-order valence-electron chi connectivity index (χ2n) is 3.98. The summed E-state index contributed by atoms with van der Waals surface area (Å²) in [6, 6.07) is -0.0171. The van der Waals surface area contributed by atoms with Gasteiger partial charge in [-0.1, -0.05) is 0 Å². The van der Waals surface area contributed by atoms with Crippen LogP contribution in [0, 0.1) is 0 Å². The maximum Gasteiger partial charge on any atom is 0.339 e. The number of aromatic nitrogens is 2. The molecule has 0 amide bonds. The van der Waals surface area contributed by atoms with E-state index in [9.17, 15) is 4.79 Å². The van der Waals surface area contributed by atoms with Crippen LogP contribution < -0.4 is 5.32 Å². The molecule has 0 saturated carbocycles. The fraction of sp³-hybridized carbons (Fsp3) is 0.636. The number of rotatable bonds is 8. The molecule has 1 atom stereocenters. The summed E-state index contributed by atoms with van der Waals surface area (Å²) in [5.74, 6) is -0.995. The lowest BCUT2D eigenvalue weighted by Gasteiger charge is -2.17. The molecule has 7 nitrogen and oxygen atoms in total. The van der Waals surface area contributed by atoms with Crippen LogP contribution in [0.25, 0.3) is 0 Å². The molecule has 18 heavy (non-hydrogen) atoms. The molecule has 1 unspecified atom stereocenters. The van der Waals surface area contributed by atoms with Gasteiger partial charge in [-0.05, 0) is 6.42 Å². The number of aliphatic hydroxyl groups is 1. The van der Waals surface area contributed by atoms with Gasteiger partial charge in [-0.15, -0.1) is 0 Å². The number of nitrogens with zero attached hydrogens (tertiary/aromatic N) is 2. The Balaban J connectivity index is 2.66. The first-order valence-corrected chi connectivity index (χ1v) is 5.67. The molecule has 0 spiro atoms. The van der Waals surface area contributed by atoms with Gasteiger partial charge in [0.05, 0.1) is 18.5 Å². The maximum absolute atomic E-state index is 11.0. The summed E-state index contributed by atoms with van der Waals surface area (Å²) in [5.41, 5.74) is 0.784. The number of aliphatic hydroxyl groups excluding tert-OH is 1. The minimum atomic E-state index is -0.995. The number of carboxylic acids is 1. The van der Waals surface area contributed by atoms with Crippen LogP contribution in [0.2, 0.25) is 0 Å². The topological polar surface area (TPSA) is 96.6 Å². The minimum Gasteiger partial charge on any atom is -0.478 e. The summed E-state index contributed by atoms with van der Waals surface area (Å²) in [5, 5.41) is 25.0. The van der Waals surface area contributed by atoms with E-state index in [1.807, 2.05) is 0 Å². The number of carboxylic acid groups (broad SMARTS) is 1. The predicted molar refractivity (Wildman–Crippen MR) is 64.4 cm³/mol. The zero-order valence-corrected chi connectivity index (χ0v) is 10.6. The first-order chi connectivity index (χ1) is 8.60. The number of aryl methyl sites for hydroxylation is 1. The first kappa shape index (κ1) is 14.6. The van der Waals surface area contributed by atoms with Crippen LogP contribution in [0.1, 0.15) is 22.5 Å². The second kappa shape index (κ2) is 7.10. The molecular formula is C11H19N3O4. The van der Waals surface area contributed by atoms with Crippen LogP contribution in [0.5, 0.6) is 0 Å². The van der Waals surface area contributed by atoms with E-state index in [1.165, 1.54) is 10.9 Å². The van der Waals surface area contributed by atoms with Crippen LogP contribution in [0.4, 0.5) is 0 Å². The second-order valence-corrected chi connectivity index (χ2v) is 3.98. The summed E-state index contributed by atoms with van der Waals surface area (Å²) >= 11 is 0. The van der Waals surface area contributed by atoms with Crippen molar-refractivity contribution in [1.82, 2.24) is 15.1 Å². The first-order valence-electron chi connectivity index (χ1n) is 5.67. The third-order valence-corrected chi connectivity index (χ3v) is 2.70. The molecule has 102 valence electrons. The molecule has 0 aliphatic heterocycles. The standard InChI is InChI=1S/C11H19N3O4/c1-14-10(9(5-13-14)11(16)17)6-12-8(3-4-15)7-18-2/h5,8,12,15H,3-4,6-7H2,1-2H3,(H,16,17). The molecule has 0 aliphatic carbocycles. The van der Waals surface area contributed by atoms with Crippen LogP contribution in [-0.2, 0) is 18.3 Å². The molecule has 1 aromatic heterocycles. The van der Waals surface area contributed by atoms with Gasteiger partial charge in [-0.2, -0.15) is 5.10 Å². The molecular weight excluding hydrogens is 238 g/mol. The number of methoxy groups -OCH3 is 1. The number of hydrogen-bond acceptors (Lipinski definition) is 5. The molecule has 3 N–H and O–H groups in total. The normalized spacial score (nSPS) is 12.6. The van der Waals surface area contributed by atoms with Gasteiger partial charge in [0.1, 0.15) is 5.56 Å². The Morgan fingerprint density at radius 1 is 1.67 bits per heavy atom. The molecule has 1 heterocycles. The molecule has 7 heteroatoms. The Hall–Kier alpha value is -1.44. The summed E-state index contributed by atoms with van der Waals surface area (Å²) in [7, 11) is 3.28. The van der Waals surface area contributed by atoms with E-state index in [1.54, 1.807) is 14.2 Å². The van der Waals surface area contributed by atoms with E-state index in [-0.39, 0.29) is 18.2 Å². The summed E-state index contributed by atoms with van der Waals surface area (Å²) < 4.78 is 6.55. The third-order valence-electron chi connectivity index (χ3n) is 2.70. The molecule has 0 bridgehead atoms. The van der Waals surface area contributed by atoms with E-state index in [0.29, 0.717) is 25.3 Å². The highest BCUT2D eigenvalue weighted by molar-refractivity contribution is 5.88. The average Bonchev–Trinajstić information content (AvgIpc) is 2.68. The Kier molecular flexibility index (Phi) is 5.76. The zero-order chi connectivity index (χ0) is 13.5. The lowest BCUT2D eigenvalue weighted by Crippen LogP contribution is -2.34. The van der Waals surface area contributed by atoms with Crippen molar-refractivity contribution < 1.29 is 19.7 Å². The summed E-state index contributed by atoms with van der Waals surface area (Å²) in [6.07, 6.45) is 1.88.